The van der Waals surface area contributed by atoms with Crippen molar-refractivity contribution in [3.05, 3.63) is 33.5 Å². The first-order valence-corrected chi connectivity index (χ1v) is 9.11. The van der Waals surface area contributed by atoms with Gasteiger partial charge < -0.3 is 15.0 Å². The van der Waals surface area contributed by atoms with Crippen LogP contribution < -0.4 is 5.32 Å². The summed E-state index contributed by atoms with van der Waals surface area (Å²) >= 11 is 3.31. The summed E-state index contributed by atoms with van der Waals surface area (Å²) in [5.74, 6) is -0.923. The fourth-order valence-electron chi connectivity index (χ4n) is 2.76. The predicted octanol–water partition coefficient (Wildman–Crippen LogP) is 4.03. The van der Waals surface area contributed by atoms with Crippen LogP contribution in [0, 0.1) is 12.7 Å². The number of rotatable bonds is 2. The van der Waals surface area contributed by atoms with Crippen molar-refractivity contribution in [1.29, 1.82) is 0 Å². The van der Waals surface area contributed by atoms with Crippen LogP contribution in [0.4, 0.5) is 9.18 Å². The van der Waals surface area contributed by atoms with Crippen LogP contribution in [0.5, 0.6) is 0 Å². The van der Waals surface area contributed by atoms with E-state index in [1.54, 1.807) is 31.7 Å². The molecule has 5 nitrogen and oxygen atoms in total. The SMILES string of the molecule is Cc1ccc(F)c(C(=O)N2CCCC(NC(=O)OC(C)(C)C)C2)c1Br. The average molecular weight is 415 g/mol. The molecule has 25 heavy (non-hydrogen) atoms. The zero-order valence-electron chi connectivity index (χ0n) is 15.0. The van der Waals surface area contributed by atoms with Crippen LogP contribution in [0.3, 0.4) is 0 Å². The van der Waals surface area contributed by atoms with Gasteiger partial charge in [0.15, 0.2) is 0 Å². The Balaban J connectivity index is 2.07. The van der Waals surface area contributed by atoms with E-state index in [9.17, 15) is 14.0 Å². The van der Waals surface area contributed by atoms with Gasteiger partial charge in [-0.25, -0.2) is 9.18 Å². The van der Waals surface area contributed by atoms with Crippen molar-refractivity contribution >= 4 is 27.9 Å². The van der Waals surface area contributed by atoms with Gasteiger partial charge in [0.1, 0.15) is 11.4 Å². The number of nitrogens with zero attached hydrogens (tertiary/aromatic N) is 1. The first kappa shape index (κ1) is 19.7. The Morgan fingerprint density at radius 2 is 2.04 bits per heavy atom. The lowest BCUT2D eigenvalue weighted by atomic mass is 10.0. The average Bonchev–Trinajstić information content (AvgIpc) is 2.49. The minimum atomic E-state index is -0.580. The molecule has 0 aromatic heterocycles. The minimum absolute atomic E-state index is 0.0397. The third kappa shape index (κ3) is 5.17. The lowest BCUT2D eigenvalue weighted by molar-refractivity contribution is 0.0451. The van der Waals surface area contributed by atoms with Crippen molar-refractivity contribution in [1.82, 2.24) is 10.2 Å². The molecule has 1 atom stereocenters. The molecule has 1 aliphatic heterocycles. The van der Waals surface area contributed by atoms with Crippen molar-refractivity contribution in [2.75, 3.05) is 13.1 Å². The molecule has 1 saturated heterocycles. The molecular weight excluding hydrogens is 391 g/mol. The quantitative estimate of drug-likeness (QED) is 0.794. The number of benzene rings is 1. The van der Waals surface area contributed by atoms with Crippen LogP contribution in [-0.4, -0.2) is 41.6 Å². The summed E-state index contributed by atoms with van der Waals surface area (Å²) in [6.07, 6.45) is 0.979. The summed E-state index contributed by atoms with van der Waals surface area (Å²) in [6.45, 7) is 8.05. The van der Waals surface area contributed by atoms with Gasteiger partial charge in [0.2, 0.25) is 0 Å². The van der Waals surface area contributed by atoms with Gasteiger partial charge in [0.25, 0.3) is 5.91 Å². The highest BCUT2D eigenvalue weighted by atomic mass is 79.9. The Hall–Kier alpha value is -1.63. The van der Waals surface area contributed by atoms with Gasteiger partial charge in [-0.2, -0.15) is 0 Å². The van der Waals surface area contributed by atoms with E-state index in [1.807, 2.05) is 6.92 Å². The number of carbonyl (C=O) groups excluding carboxylic acids is 2. The van der Waals surface area contributed by atoms with Crippen LogP contribution in [0.15, 0.2) is 16.6 Å². The number of carbonyl (C=O) groups is 2. The lowest BCUT2D eigenvalue weighted by Gasteiger charge is -2.34. The summed E-state index contributed by atoms with van der Waals surface area (Å²) in [5, 5.41) is 2.79. The number of halogens is 2. The number of likely N-dealkylation sites (tertiary alicyclic amines) is 1. The van der Waals surface area contributed by atoms with Crippen molar-refractivity contribution in [3.63, 3.8) is 0 Å². The van der Waals surface area contributed by atoms with E-state index in [4.69, 9.17) is 4.74 Å². The van der Waals surface area contributed by atoms with E-state index in [2.05, 4.69) is 21.2 Å². The van der Waals surface area contributed by atoms with Gasteiger partial charge in [-0.05, 0) is 68.1 Å². The monoisotopic (exact) mass is 414 g/mol. The van der Waals surface area contributed by atoms with Gasteiger partial charge >= 0.3 is 6.09 Å². The highest BCUT2D eigenvalue weighted by molar-refractivity contribution is 9.10. The summed E-state index contributed by atoms with van der Waals surface area (Å²) in [6, 6.07) is 2.71. The molecule has 0 spiro atoms. The highest BCUT2D eigenvalue weighted by Gasteiger charge is 2.29. The molecule has 1 aromatic rings. The van der Waals surface area contributed by atoms with Crippen LogP contribution in [0.1, 0.15) is 49.5 Å². The van der Waals surface area contributed by atoms with E-state index in [-0.39, 0.29) is 17.5 Å². The van der Waals surface area contributed by atoms with E-state index in [1.165, 1.54) is 6.07 Å². The molecule has 1 aliphatic rings. The molecule has 1 aromatic carbocycles. The molecule has 2 rings (SSSR count). The maximum absolute atomic E-state index is 14.2. The van der Waals surface area contributed by atoms with Gasteiger partial charge in [0.05, 0.1) is 5.56 Å². The number of piperidine rings is 1. The Bertz CT molecular complexity index is 673. The largest absolute Gasteiger partial charge is 0.444 e. The van der Waals surface area contributed by atoms with Crippen molar-refractivity contribution < 1.29 is 18.7 Å². The third-order valence-electron chi connectivity index (χ3n) is 3.93. The fraction of sp³-hybridized carbons (Fsp3) is 0.556. The van der Waals surface area contributed by atoms with Crippen LogP contribution in [0.25, 0.3) is 0 Å². The maximum Gasteiger partial charge on any atom is 0.407 e. The van der Waals surface area contributed by atoms with E-state index in [0.717, 1.165) is 18.4 Å². The molecule has 1 fully saturated rings. The smallest absolute Gasteiger partial charge is 0.407 e. The second-order valence-electron chi connectivity index (χ2n) is 7.29. The summed E-state index contributed by atoms with van der Waals surface area (Å²) < 4.78 is 19.9. The second-order valence-corrected chi connectivity index (χ2v) is 8.08. The molecular formula is C18H24BrFN2O3. The Labute approximate surface area is 156 Å². The highest BCUT2D eigenvalue weighted by Crippen LogP contribution is 2.26. The number of hydrogen-bond donors (Lipinski definition) is 1. The lowest BCUT2D eigenvalue weighted by Crippen LogP contribution is -2.50. The molecule has 0 aliphatic carbocycles. The zero-order valence-corrected chi connectivity index (χ0v) is 16.6. The van der Waals surface area contributed by atoms with E-state index >= 15 is 0 Å². The molecule has 1 N–H and O–H groups in total. The topological polar surface area (TPSA) is 58.6 Å². The van der Waals surface area contributed by atoms with Gasteiger partial charge in [-0.3, -0.25) is 4.79 Å². The number of alkyl carbamates (subject to hydrolysis) is 1. The molecule has 0 bridgehead atoms. The Morgan fingerprint density at radius 3 is 2.68 bits per heavy atom. The predicted molar refractivity (Wildman–Crippen MR) is 97.1 cm³/mol. The first-order chi connectivity index (χ1) is 11.6. The Morgan fingerprint density at radius 1 is 1.36 bits per heavy atom. The molecule has 138 valence electrons. The molecule has 0 radical (unpaired) electrons. The number of nitrogens with one attached hydrogen (secondary N) is 1. The van der Waals surface area contributed by atoms with Gasteiger partial charge in [-0.15, -0.1) is 0 Å². The molecule has 7 heteroatoms. The molecule has 1 heterocycles. The number of ether oxygens (including phenoxy) is 1. The van der Waals surface area contributed by atoms with Crippen LogP contribution in [-0.2, 0) is 4.74 Å². The van der Waals surface area contributed by atoms with E-state index in [0.29, 0.717) is 17.6 Å². The van der Waals surface area contributed by atoms with Crippen LogP contribution in [0.2, 0.25) is 0 Å². The van der Waals surface area contributed by atoms with Crippen LogP contribution >= 0.6 is 15.9 Å². The normalized spacial score (nSPS) is 18.0. The van der Waals surface area contributed by atoms with Gasteiger partial charge in [-0.1, -0.05) is 6.07 Å². The first-order valence-electron chi connectivity index (χ1n) is 8.32. The maximum atomic E-state index is 14.2. The Kier molecular flexibility index (Phi) is 6.08. The van der Waals surface area contributed by atoms with E-state index < -0.39 is 17.5 Å². The second kappa shape index (κ2) is 7.72. The minimum Gasteiger partial charge on any atom is -0.444 e. The summed E-state index contributed by atoms with van der Waals surface area (Å²) in [4.78, 5) is 26.3. The van der Waals surface area contributed by atoms with Gasteiger partial charge in [0, 0.05) is 23.6 Å². The molecule has 1 unspecified atom stereocenters. The third-order valence-corrected chi connectivity index (χ3v) is 4.95. The number of hydrogen-bond acceptors (Lipinski definition) is 3. The van der Waals surface area contributed by atoms with Crippen molar-refractivity contribution in [2.24, 2.45) is 0 Å². The fourth-order valence-corrected chi connectivity index (χ4v) is 3.26. The van der Waals surface area contributed by atoms with Crippen molar-refractivity contribution in [3.8, 4) is 0 Å². The zero-order chi connectivity index (χ0) is 18.8. The van der Waals surface area contributed by atoms with Crippen molar-refractivity contribution in [2.45, 2.75) is 52.2 Å². The summed E-state index contributed by atoms with van der Waals surface area (Å²) in [7, 11) is 0. The number of aryl methyl sites for hydroxylation is 1. The standard InChI is InChI=1S/C18H24BrFN2O3/c1-11-7-8-13(20)14(15(11)19)16(23)22-9-5-6-12(10-22)21-17(24)25-18(2,3)4/h7-8,12H,5-6,9-10H2,1-4H3,(H,21,24). The molecule has 0 saturated carbocycles. The molecule has 2 amide bonds. The summed E-state index contributed by atoms with van der Waals surface area (Å²) in [5.41, 5.74) is 0.257. The number of amides is 2.